The van der Waals surface area contributed by atoms with E-state index < -0.39 is 6.04 Å². The smallest absolute Gasteiger partial charge is 0.261 e. The summed E-state index contributed by atoms with van der Waals surface area (Å²) in [6.07, 6.45) is 1.32. The SMILES string of the molecule is CCNC(=O)[C@@H](Cc1ccccc1)N(Cc1ccc(Br)cc1)C(=O)COc1ccc(CC)cc1Br. The van der Waals surface area contributed by atoms with E-state index in [2.05, 4.69) is 44.1 Å². The number of likely N-dealkylation sites (N-methyl/N-ethyl adjacent to an activating group) is 1. The highest BCUT2D eigenvalue weighted by molar-refractivity contribution is 9.10. The van der Waals surface area contributed by atoms with E-state index in [9.17, 15) is 9.59 Å². The summed E-state index contributed by atoms with van der Waals surface area (Å²) >= 11 is 6.99. The summed E-state index contributed by atoms with van der Waals surface area (Å²) in [5, 5.41) is 2.90. The summed E-state index contributed by atoms with van der Waals surface area (Å²) in [5.74, 6) is 0.152. The lowest BCUT2D eigenvalue weighted by Gasteiger charge is -2.31. The van der Waals surface area contributed by atoms with Crippen molar-refractivity contribution in [3.05, 3.63) is 98.4 Å². The molecule has 0 aliphatic heterocycles. The van der Waals surface area contributed by atoms with Crippen molar-refractivity contribution in [2.24, 2.45) is 0 Å². The Bertz CT molecular complexity index is 1120. The molecule has 3 aromatic carbocycles. The Hall–Kier alpha value is -2.64. The van der Waals surface area contributed by atoms with E-state index in [1.807, 2.05) is 79.7 Å². The molecule has 0 aliphatic rings. The van der Waals surface area contributed by atoms with Gasteiger partial charge < -0.3 is 15.0 Å². The van der Waals surface area contributed by atoms with Crippen molar-refractivity contribution in [2.45, 2.75) is 39.3 Å². The van der Waals surface area contributed by atoms with Gasteiger partial charge in [-0.05, 0) is 70.2 Å². The zero-order valence-corrected chi connectivity index (χ0v) is 23.1. The van der Waals surface area contributed by atoms with Crippen molar-refractivity contribution >= 4 is 43.7 Å². The second-order valence-corrected chi connectivity index (χ2v) is 9.93. The molecule has 1 atom stereocenters. The number of rotatable bonds is 11. The lowest BCUT2D eigenvalue weighted by atomic mass is 10.0. The van der Waals surface area contributed by atoms with Crippen LogP contribution in [0.15, 0.2) is 81.7 Å². The Morgan fingerprint density at radius 3 is 2.23 bits per heavy atom. The van der Waals surface area contributed by atoms with Crippen LogP contribution in [0.25, 0.3) is 0 Å². The van der Waals surface area contributed by atoms with Gasteiger partial charge in [0.1, 0.15) is 11.8 Å². The van der Waals surface area contributed by atoms with Crippen LogP contribution in [-0.4, -0.2) is 35.9 Å². The first-order chi connectivity index (χ1) is 16.9. The molecule has 0 bridgehead atoms. The molecule has 0 aliphatic carbocycles. The Kier molecular flexibility index (Phi) is 10.4. The summed E-state index contributed by atoms with van der Waals surface area (Å²) in [6.45, 7) is 4.56. The van der Waals surface area contributed by atoms with E-state index in [-0.39, 0.29) is 18.4 Å². The van der Waals surface area contributed by atoms with E-state index in [1.165, 1.54) is 5.56 Å². The number of nitrogens with zero attached hydrogens (tertiary/aromatic N) is 1. The monoisotopic (exact) mass is 600 g/mol. The lowest BCUT2D eigenvalue weighted by Crippen LogP contribution is -2.51. The third kappa shape index (κ3) is 7.94. The molecule has 0 saturated heterocycles. The zero-order chi connectivity index (χ0) is 25.2. The van der Waals surface area contributed by atoms with Crippen LogP contribution in [0, 0.1) is 0 Å². The van der Waals surface area contributed by atoms with Gasteiger partial charge in [-0.25, -0.2) is 0 Å². The van der Waals surface area contributed by atoms with E-state index in [0.717, 1.165) is 26.5 Å². The second-order valence-electron chi connectivity index (χ2n) is 8.16. The highest BCUT2D eigenvalue weighted by atomic mass is 79.9. The topological polar surface area (TPSA) is 58.6 Å². The summed E-state index contributed by atoms with van der Waals surface area (Å²) in [7, 11) is 0. The van der Waals surface area contributed by atoms with Crippen LogP contribution in [0.5, 0.6) is 5.75 Å². The van der Waals surface area contributed by atoms with Crippen LogP contribution in [0.2, 0.25) is 0 Å². The number of aryl methyl sites for hydroxylation is 1. The van der Waals surface area contributed by atoms with Crippen molar-refractivity contribution < 1.29 is 14.3 Å². The standard InChI is InChI=1S/C28H30Br2N2O3/c1-3-20-12-15-26(24(30)16-20)35-19-27(33)32(18-22-10-13-23(29)14-11-22)25(28(34)31-4-2)17-21-8-6-5-7-9-21/h5-16,25H,3-4,17-19H2,1-2H3,(H,31,34)/t25-/m1/s1. The third-order valence-electron chi connectivity index (χ3n) is 5.64. The molecule has 3 rings (SSSR count). The molecule has 0 spiro atoms. The van der Waals surface area contributed by atoms with Gasteiger partial charge in [-0.15, -0.1) is 0 Å². The number of amides is 2. The molecule has 0 unspecified atom stereocenters. The second kappa shape index (κ2) is 13.4. The average Bonchev–Trinajstić information content (AvgIpc) is 2.87. The molecule has 1 N–H and O–H groups in total. The molecule has 7 heteroatoms. The van der Waals surface area contributed by atoms with Crippen LogP contribution in [0.1, 0.15) is 30.5 Å². The fourth-order valence-electron chi connectivity index (χ4n) is 3.74. The highest BCUT2D eigenvalue weighted by Crippen LogP contribution is 2.26. The maximum Gasteiger partial charge on any atom is 0.261 e. The Morgan fingerprint density at radius 1 is 0.914 bits per heavy atom. The van der Waals surface area contributed by atoms with Gasteiger partial charge in [0.2, 0.25) is 5.91 Å². The number of benzene rings is 3. The summed E-state index contributed by atoms with van der Waals surface area (Å²) in [5.41, 5.74) is 3.08. The van der Waals surface area contributed by atoms with Crippen LogP contribution in [0.3, 0.4) is 0 Å². The van der Waals surface area contributed by atoms with Gasteiger partial charge in [0, 0.05) is 24.0 Å². The Balaban J connectivity index is 1.88. The number of ether oxygens (including phenoxy) is 1. The van der Waals surface area contributed by atoms with Gasteiger partial charge in [0.15, 0.2) is 6.61 Å². The van der Waals surface area contributed by atoms with Crippen molar-refractivity contribution in [3.8, 4) is 5.75 Å². The third-order valence-corrected chi connectivity index (χ3v) is 6.79. The maximum absolute atomic E-state index is 13.6. The van der Waals surface area contributed by atoms with Crippen molar-refractivity contribution in [1.29, 1.82) is 0 Å². The van der Waals surface area contributed by atoms with Crippen LogP contribution in [-0.2, 0) is 29.0 Å². The molecular formula is C28H30Br2N2O3. The fourth-order valence-corrected chi connectivity index (χ4v) is 4.54. The first-order valence-electron chi connectivity index (χ1n) is 11.7. The fraction of sp³-hybridized carbons (Fsp3) is 0.286. The highest BCUT2D eigenvalue weighted by Gasteiger charge is 2.30. The van der Waals surface area contributed by atoms with Crippen molar-refractivity contribution in [2.75, 3.05) is 13.2 Å². The van der Waals surface area contributed by atoms with E-state index >= 15 is 0 Å². The van der Waals surface area contributed by atoms with Crippen LogP contribution in [0.4, 0.5) is 0 Å². The minimum Gasteiger partial charge on any atom is -0.483 e. The Morgan fingerprint density at radius 2 is 1.60 bits per heavy atom. The predicted octanol–water partition coefficient (Wildman–Crippen LogP) is 5.93. The number of nitrogens with one attached hydrogen (secondary N) is 1. The van der Waals surface area contributed by atoms with Gasteiger partial charge in [-0.3, -0.25) is 9.59 Å². The molecule has 2 amide bonds. The molecular weight excluding hydrogens is 572 g/mol. The summed E-state index contributed by atoms with van der Waals surface area (Å²) < 4.78 is 7.65. The number of hydrogen-bond acceptors (Lipinski definition) is 3. The van der Waals surface area contributed by atoms with E-state index in [1.54, 1.807) is 4.90 Å². The Labute approximate surface area is 224 Å². The van der Waals surface area contributed by atoms with Gasteiger partial charge >= 0.3 is 0 Å². The van der Waals surface area contributed by atoms with E-state index in [4.69, 9.17) is 4.74 Å². The first kappa shape index (κ1) is 27.0. The largest absolute Gasteiger partial charge is 0.483 e. The predicted molar refractivity (Wildman–Crippen MR) is 146 cm³/mol. The average molecular weight is 602 g/mol. The zero-order valence-electron chi connectivity index (χ0n) is 20.0. The quantitative estimate of drug-likeness (QED) is 0.296. The molecule has 184 valence electrons. The molecule has 3 aromatic rings. The summed E-state index contributed by atoms with van der Waals surface area (Å²) in [4.78, 5) is 28.4. The van der Waals surface area contributed by atoms with E-state index in [0.29, 0.717) is 25.3 Å². The number of carbonyl (C=O) groups excluding carboxylic acids is 2. The van der Waals surface area contributed by atoms with Gasteiger partial charge in [0.05, 0.1) is 4.47 Å². The molecule has 0 fully saturated rings. The molecule has 0 saturated carbocycles. The van der Waals surface area contributed by atoms with Crippen molar-refractivity contribution in [3.63, 3.8) is 0 Å². The van der Waals surface area contributed by atoms with Crippen LogP contribution >= 0.6 is 31.9 Å². The molecule has 0 radical (unpaired) electrons. The van der Waals surface area contributed by atoms with Gasteiger partial charge in [-0.2, -0.15) is 0 Å². The van der Waals surface area contributed by atoms with Crippen molar-refractivity contribution in [1.82, 2.24) is 10.2 Å². The molecule has 0 aromatic heterocycles. The summed E-state index contributed by atoms with van der Waals surface area (Å²) in [6, 6.07) is 22.7. The molecule has 35 heavy (non-hydrogen) atoms. The number of halogens is 2. The number of hydrogen-bond donors (Lipinski definition) is 1. The minimum atomic E-state index is -0.678. The lowest BCUT2D eigenvalue weighted by molar-refractivity contribution is -0.142. The normalized spacial score (nSPS) is 11.5. The molecule has 0 heterocycles. The maximum atomic E-state index is 13.6. The van der Waals surface area contributed by atoms with Gasteiger partial charge in [0.25, 0.3) is 5.91 Å². The van der Waals surface area contributed by atoms with Crippen LogP contribution < -0.4 is 10.1 Å². The first-order valence-corrected chi connectivity index (χ1v) is 13.3. The van der Waals surface area contributed by atoms with Gasteiger partial charge in [-0.1, -0.05) is 71.4 Å². The minimum absolute atomic E-state index is 0.175. The molecule has 5 nitrogen and oxygen atoms in total. The number of carbonyl (C=O) groups is 2.